The lowest BCUT2D eigenvalue weighted by Crippen LogP contribution is -2.25. The molecule has 3 aromatic rings. The SMILES string of the molecule is O=C(NCCc1cccc(F)c1)c1ccc(NC(=O)c2ccco2)cc1. The van der Waals surface area contributed by atoms with Gasteiger partial charge in [0.25, 0.3) is 11.8 Å². The molecule has 6 heteroatoms. The molecule has 5 nitrogen and oxygen atoms in total. The third-order valence-corrected chi connectivity index (χ3v) is 3.74. The van der Waals surface area contributed by atoms with E-state index in [1.54, 1.807) is 42.5 Å². The molecule has 0 radical (unpaired) electrons. The maximum Gasteiger partial charge on any atom is 0.291 e. The third-order valence-electron chi connectivity index (χ3n) is 3.74. The Kier molecular flexibility index (Phi) is 5.43. The van der Waals surface area contributed by atoms with Crippen LogP contribution in [0.15, 0.2) is 71.3 Å². The number of anilines is 1. The molecule has 2 amide bonds. The topological polar surface area (TPSA) is 71.3 Å². The summed E-state index contributed by atoms with van der Waals surface area (Å²) >= 11 is 0. The van der Waals surface area contributed by atoms with Gasteiger partial charge in [0.15, 0.2) is 5.76 Å². The minimum Gasteiger partial charge on any atom is -0.459 e. The lowest BCUT2D eigenvalue weighted by Gasteiger charge is -2.07. The number of nitrogens with one attached hydrogen (secondary N) is 2. The Balaban J connectivity index is 1.51. The number of carbonyl (C=O) groups excluding carboxylic acids is 2. The molecule has 0 unspecified atom stereocenters. The van der Waals surface area contributed by atoms with Crippen LogP contribution in [0.25, 0.3) is 0 Å². The molecule has 3 rings (SSSR count). The van der Waals surface area contributed by atoms with E-state index in [9.17, 15) is 14.0 Å². The number of rotatable bonds is 6. The molecule has 0 saturated heterocycles. The van der Waals surface area contributed by atoms with E-state index >= 15 is 0 Å². The number of hydrogen-bond acceptors (Lipinski definition) is 3. The molecule has 132 valence electrons. The number of carbonyl (C=O) groups is 2. The Bertz CT molecular complexity index is 890. The molecule has 0 bridgehead atoms. The summed E-state index contributed by atoms with van der Waals surface area (Å²) in [7, 11) is 0. The highest BCUT2D eigenvalue weighted by molar-refractivity contribution is 6.02. The zero-order chi connectivity index (χ0) is 18.4. The van der Waals surface area contributed by atoms with Crippen LogP contribution in [0.5, 0.6) is 0 Å². The maximum absolute atomic E-state index is 13.1. The van der Waals surface area contributed by atoms with Crippen LogP contribution < -0.4 is 10.6 Å². The van der Waals surface area contributed by atoms with E-state index in [2.05, 4.69) is 10.6 Å². The van der Waals surface area contributed by atoms with Crippen LogP contribution in [-0.2, 0) is 6.42 Å². The summed E-state index contributed by atoms with van der Waals surface area (Å²) in [5, 5.41) is 5.47. The van der Waals surface area contributed by atoms with Crippen molar-refractivity contribution >= 4 is 17.5 Å². The summed E-state index contributed by atoms with van der Waals surface area (Å²) < 4.78 is 18.1. The Hall–Kier alpha value is -3.41. The smallest absolute Gasteiger partial charge is 0.291 e. The van der Waals surface area contributed by atoms with Crippen molar-refractivity contribution in [1.29, 1.82) is 0 Å². The zero-order valence-corrected chi connectivity index (χ0v) is 13.9. The number of benzene rings is 2. The van der Waals surface area contributed by atoms with Crippen LogP contribution in [0, 0.1) is 5.82 Å². The van der Waals surface area contributed by atoms with E-state index < -0.39 is 0 Å². The van der Waals surface area contributed by atoms with E-state index in [0.29, 0.717) is 24.2 Å². The summed E-state index contributed by atoms with van der Waals surface area (Å²) in [5.41, 5.74) is 1.85. The molecule has 1 aromatic heterocycles. The highest BCUT2D eigenvalue weighted by Gasteiger charge is 2.10. The van der Waals surface area contributed by atoms with Crippen molar-refractivity contribution in [2.24, 2.45) is 0 Å². The molecule has 0 atom stereocenters. The van der Waals surface area contributed by atoms with Gasteiger partial charge >= 0.3 is 0 Å². The van der Waals surface area contributed by atoms with Crippen molar-refractivity contribution in [1.82, 2.24) is 5.32 Å². The number of amides is 2. The second-order valence-corrected chi connectivity index (χ2v) is 5.64. The molecule has 1 heterocycles. The lowest BCUT2D eigenvalue weighted by atomic mass is 10.1. The highest BCUT2D eigenvalue weighted by Crippen LogP contribution is 2.12. The quantitative estimate of drug-likeness (QED) is 0.711. The van der Waals surface area contributed by atoms with Crippen LogP contribution in [0.4, 0.5) is 10.1 Å². The van der Waals surface area contributed by atoms with E-state index in [4.69, 9.17) is 4.42 Å². The van der Waals surface area contributed by atoms with Crippen molar-refractivity contribution in [2.45, 2.75) is 6.42 Å². The normalized spacial score (nSPS) is 10.3. The van der Waals surface area contributed by atoms with Gasteiger partial charge in [0.05, 0.1) is 6.26 Å². The number of hydrogen-bond donors (Lipinski definition) is 2. The predicted molar refractivity (Wildman–Crippen MR) is 95.5 cm³/mol. The monoisotopic (exact) mass is 352 g/mol. The lowest BCUT2D eigenvalue weighted by molar-refractivity contribution is 0.0953. The van der Waals surface area contributed by atoms with Crippen LogP contribution in [-0.4, -0.2) is 18.4 Å². The molecular formula is C20H17FN2O3. The number of furan rings is 1. The predicted octanol–water partition coefficient (Wildman–Crippen LogP) is 3.64. The van der Waals surface area contributed by atoms with Crippen LogP contribution in [0.2, 0.25) is 0 Å². The summed E-state index contributed by atoms with van der Waals surface area (Å²) in [6.45, 7) is 0.402. The first-order valence-electron chi connectivity index (χ1n) is 8.09. The Labute approximate surface area is 149 Å². The summed E-state index contributed by atoms with van der Waals surface area (Å²) in [5.74, 6) is -0.669. The minimum atomic E-state index is -0.359. The van der Waals surface area contributed by atoms with E-state index in [1.807, 2.05) is 6.07 Å². The second kappa shape index (κ2) is 8.11. The molecule has 0 aliphatic heterocycles. The van der Waals surface area contributed by atoms with Gasteiger partial charge in [-0.1, -0.05) is 12.1 Å². The molecule has 0 aliphatic carbocycles. The van der Waals surface area contributed by atoms with Gasteiger partial charge in [0.2, 0.25) is 0 Å². The molecule has 0 spiro atoms. The summed E-state index contributed by atoms with van der Waals surface area (Å²) in [4.78, 5) is 24.0. The van der Waals surface area contributed by atoms with Gasteiger partial charge in [0, 0.05) is 17.8 Å². The fourth-order valence-electron chi connectivity index (χ4n) is 2.42. The molecular weight excluding hydrogens is 335 g/mol. The van der Waals surface area contributed by atoms with Gasteiger partial charge < -0.3 is 15.1 Å². The number of halogens is 1. The van der Waals surface area contributed by atoms with Crippen molar-refractivity contribution in [3.63, 3.8) is 0 Å². The van der Waals surface area contributed by atoms with Crippen molar-refractivity contribution < 1.29 is 18.4 Å². The zero-order valence-electron chi connectivity index (χ0n) is 13.9. The Morgan fingerprint density at radius 3 is 2.46 bits per heavy atom. The third kappa shape index (κ3) is 4.57. The first-order valence-corrected chi connectivity index (χ1v) is 8.09. The van der Waals surface area contributed by atoms with E-state index in [-0.39, 0.29) is 23.4 Å². The van der Waals surface area contributed by atoms with E-state index in [1.165, 1.54) is 18.4 Å². The molecule has 2 aromatic carbocycles. The first kappa shape index (κ1) is 17.4. The van der Waals surface area contributed by atoms with E-state index in [0.717, 1.165) is 5.56 Å². The highest BCUT2D eigenvalue weighted by atomic mass is 19.1. The Morgan fingerprint density at radius 1 is 0.962 bits per heavy atom. The largest absolute Gasteiger partial charge is 0.459 e. The first-order chi connectivity index (χ1) is 12.6. The molecule has 0 saturated carbocycles. The van der Waals surface area contributed by atoms with Crippen molar-refractivity contribution in [3.8, 4) is 0 Å². The molecule has 0 aliphatic rings. The fourth-order valence-corrected chi connectivity index (χ4v) is 2.42. The van der Waals surface area contributed by atoms with Crippen molar-refractivity contribution in [2.75, 3.05) is 11.9 Å². The van der Waals surface area contributed by atoms with Gasteiger partial charge in [-0.15, -0.1) is 0 Å². The van der Waals surface area contributed by atoms with Gasteiger partial charge in [-0.2, -0.15) is 0 Å². The van der Waals surface area contributed by atoms with Gasteiger partial charge in [-0.05, 0) is 60.5 Å². The maximum atomic E-state index is 13.1. The average molecular weight is 352 g/mol. The van der Waals surface area contributed by atoms with Crippen molar-refractivity contribution in [3.05, 3.63) is 89.6 Å². The fraction of sp³-hybridized carbons (Fsp3) is 0.100. The second-order valence-electron chi connectivity index (χ2n) is 5.64. The summed E-state index contributed by atoms with van der Waals surface area (Å²) in [6, 6.07) is 16.0. The van der Waals surface area contributed by atoms with Crippen LogP contribution in [0.3, 0.4) is 0 Å². The minimum absolute atomic E-state index is 0.212. The molecule has 0 fully saturated rings. The molecule has 2 N–H and O–H groups in total. The summed E-state index contributed by atoms with van der Waals surface area (Å²) in [6.07, 6.45) is 1.97. The Morgan fingerprint density at radius 2 is 1.77 bits per heavy atom. The van der Waals surface area contributed by atoms with Gasteiger partial charge in [-0.3, -0.25) is 9.59 Å². The molecule has 26 heavy (non-hydrogen) atoms. The van der Waals surface area contributed by atoms with Crippen LogP contribution >= 0.6 is 0 Å². The van der Waals surface area contributed by atoms with Gasteiger partial charge in [0.1, 0.15) is 5.82 Å². The average Bonchev–Trinajstić information content (AvgIpc) is 3.17. The van der Waals surface area contributed by atoms with Gasteiger partial charge in [-0.25, -0.2) is 4.39 Å². The van der Waals surface area contributed by atoms with Crippen LogP contribution in [0.1, 0.15) is 26.5 Å². The standard InChI is InChI=1S/C20H17FN2O3/c21-16-4-1-3-14(13-16)10-11-22-19(24)15-6-8-17(9-7-15)23-20(25)18-5-2-12-26-18/h1-9,12-13H,10-11H2,(H,22,24)(H,23,25).